The molecule has 2 aromatic heterocycles. The third-order valence-electron chi connectivity index (χ3n) is 9.73. The third-order valence-corrected chi connectivity index (χ3v) is 9.73. The minimum atomic E-state index is -0.0150. The van der Waals surface area contributed by atoms with Gasteiger partial charge in [0.05, 0.1) is 17.1 Å². The highest BCUT2D eigenvalue weighted by Gasteiger charge is 2.35. The Hall–Kier alpha value is -5.93. The van der Waals surface area contributed by atoms with E-state index in [0.29, 0.717) is 5.82 Å². The fraction of sp³-hybridized carbons (Fsp3) is 0.0682. The van der Waals surface area contributed by atoms with Crippen LogP contribution in [0.4, 0.5) is 0 Å². The van der Waals surface area contributed by atoms with Crippen molar-refractivity contribution in [1.82, 2.24) is 15.0 Å². The molecule has 222 valence electrons. The lowest BCUT2D eigenvalue weighted by atomic mass is 9.81. The van der Waals surface area contributed by atoms with Gasteiger partial charge in [0.15, 0.2) is 5.82 Å². The van der Waals surface area contributed by atoms with Crippen molar-refractivity contribution < 1.29 is 0 Å². The second kappa shape index (κ2) is 10.6. The largest absolute Gasteiger partial charge is 0.256 e. The molecule has 2 heterocycles. The molecule has 0 saturated carbocycles. The molecule has 1 aliphatic rings. The van der Waals surface area contributed by atoms with Crippen LogP contribution in [-0.4, -0.2) is 15.0 Å². The fourth-order valence-corrected chi connectivity index (χ4v) is 7.22. The van der Waals surface area contributed by atoms with E-state index >= 15 is 0 Å². The van der Waals surface area contributed by atoms with Crippen molar-refractivity contribution in [2.75, 3.05) is 0 Å². The summed E-state index contributed by atoms with van der Waals surface area (Å²) in [6.45, 7) is 4.68. The van der Waals surface area contributed by atoms with Crippen LogP contribution in [-0.2, 0) is 5.41 Å². The van der Waals surface area contributed by atoms with Crippen LogP contribution in [0.3, 0.4) is 0 Å². The predicted octanol–water partition coefficient (Wildman–Crippen LogP) is 11.2. The molecule has 0 saturated heterocycles. The maximum Gasteiger partial charge on any atom is 0.160 e. The van der Waals surface area contributed by atoms with Gasteiger partial charge in [-0.15, -0.1) is 0 Å². The molecule has 0 bridgehead atoms. The van der Waals surface area contributed by atoms with Crippen molar-refractivity contribution in [1.29, 1.82) is 0 Å². The van der Waals surface area contributed by atoms with Gasteiger partial charge in [-0.3, -0.25) is 4.98 Å². The monoisotopic (exact) mass is 601 g/mol. The summed E-state index contributed by atoms with van der Waals surface area (Å²) < 4.78 is 0. The maximum atomic E-state index is 5.13. The molecule has 3 heteroatoms. The van der Waals surface area contributed by atoms with Crippen molar-refractivity contribution >= 4 is 21.5 Å². The van der Waals surface area contributed by atoms with E-state index in [2.05, 4.69) is 140 Å². The molecular formula is C44H31N3. The lowest BCUT2D eigenvalue weighted by molar-refractivity contribution is 0.661. The molecule has 0 aliphatic heterocycles. The average Bonchev–Trinajstić information content (AvgIpc) is 3.36. The molecule has 0 amide bonds. The van der Waals surface area contributed by atoms with Gasteiger partial charge >= 0.3 is 0 Å². The lowest BCUT2D eigenvalue weighted by Crippen LogP contribution is -2.14. The minimum absolute atomic E-state index is 0.0150. The molecule has 0 spiro atoms. The topological polar surface area (TPSA) is 38.7 Å². The summed E-state index contributed by atoms with van der Waals surface area (Å²) in [7, 11) is 0. The second-order valence-corrected chi connectivity index (χ2v) is 12.9. The van der Waals surface area contributed by atoms with E-state index in [1.807, 2.05) is 30.5 Å². The Balaban J connectivity index is 1.17. The van der Waals surface area contributed by atoms with Crippen molar-refractivity contribution in [2.24, 2.45) is 0 Å². The number of hydrogen-bond acceptors (Lipinski definition) is 3. The van der Waals surface area contributed by atoms with Crippen molar-refractivity contribution in [2.45, 2.75) is 19.3 Å². The Morgan fingerprint density at radius 2 is 1.09 bits per heavy atom. The van der Waals surface area contributed by atoms with E-state index in [-0.39, 0.29) is 5.41 Å². The third kappa shape index (κ3) is 4.54. The van der Waals surface area contributed by atoms with Crippen LogP contribution in [0.15, 0.2) is 152 Å². The van der Waals surface area contributed by atoms with Gasteiger partial charge in [-0.2, -0.15) is 0 Å². The quantitative estimate of drug-likeness (QED) is 0.188. The van der Waals surface area contributed by atoms with Gasteiger partial charge in [0.2, 0.25) is 0 Å². The Bertz CT molecular complexity index is 2460. The first-order chi connectivity index (χ1) is 23.0. The summed E-state index contributed by atoms with van der Waals surface area (Å²) >= 11 is 0. The summed E-state index contributed by atoms with van der Waals surface area (Å²) in [6.07, 6.45) is 1.82. The van der Waals surface area contributed by atoms with Gasteiger partial charge in [0.1, 0.15) is 0 Å². The molecule has 9 rings (SSSR count). The van der Waals surface area contributed by atoms with Crippen LogP contribution in [0.25, 0.3) is 77.8 Å². The van der Waals surface area contributed by atoms with E-state index in [0.717, 1.165) is 39.3 Å². The van der Waals surface area contributed by atoms with Gasteiger partial charge in [-0.1, -0.05) is 123 Å². The maximum absolute atomic E-state index is 5.13. The Labute approximate surface area is 274 Å². The lowest BCUT2D eigenvalue weighted by Gasteiger charge is -2.21. The molecule has 1 aliphatic carbocycles. The number of aromatic nitrogens is 3. The van der Waals surface area contributed by atoms with Gasteiger partial charge in [-0.25, -0.2) is 9.97 Å². The Morgan fingerprint density at radius 3 is 1.87 bits per heavy atom. The van der Waals surface area contributed by atoms with Gasteiger partial charge in [0.25, 0.3) is 0 Å². The van der Waals surface area contributed by atoms with E-state index in [4.69, 9.17) is 9.97 Å². The van der Waals surface area contributed by atoms with Gasteiger partial charge in [0, 0.05) is 33.9 Å². The van der Waals surface area contributed by atoms with Crippen molar-refractivity contribution in [3.05, 3.63) is 163 Å². The smallest absolute Gasteiger partial charge is 0.160 e. The molecule has 8 aromatic rings. The normalized spacial score (nSPS) is 13.1. The van der Waals surface area contributed by atoms with Crippen LogP contribution in [0.2, 0.25) is 0 Å². The first kappa shape index (κ1) is 27.4. The number of pyridine rings is 1. The summed E-state index contributed by atoms with van der Waals surface area (Å²) in [5.74, 6) is 0.698. The van der Waals surface area contributed by atoms with Crippen molar-refractivity contribution in [3.8, 4) is 56.3 Å². The van der Waals surface area contributed by atoms with Crippen molar-refractivity contribution in [3.63, 3.8) is 0 Å². The molecule has 0 unspecified atom stereocenters. The van der Waals surface area contributed by atoms with E-state index in [9.17, 15) is 0 Å². The SMILES string of the molecule is CC1(C)c2ccccc2-c2cc3c(ccc4cc(-c5cc(-c6ccccc6)nc(-c6ccc(-c7ccccn7)cc6)n5)ccc43)cc21. The molecule has 0 N–H and O–H groups in total. The molecule has 0 fully saturated rings. The average molecular weight is 602 g/mol. The van der Waals surface area contributed by atoms with Crippen LogP contribution in [0, 0.1) is 0 Å². The van der Waals surface area contributed by atoms with E-state index in [1.54, 1.807) is 0 Å². The highest BCUT2D eigenvalue weighted by molar-refractivity contribution is 6.10. The molecule has 0 radical (unpaired) electrons. The zero-order valence-corrected chi connectivity index (χ0v) is 26.3. The van der Waals surface area contributed by atoms with E-state index in [1.165, 1.54) is 43.8 Å². The molecule has 3 nitrogen and oxygen atoms in total. The predicted molar refractivity (Wildman–Crippen MR) is 194 cm³/mol. The zero-order valence-electron chi connectivity index (χ0n) is 26.3. The number of benzene rings is 6. The second-order valence-electron chi connectivity index (χ2n) is 12.9. The first-order valence-electron chi connectivity index (χ1n) is 16.1. The summed E-state index contributed by atoms with van der Waals surface area (Å²) in [4.78, 5) is 14.7. The number of fused-ring (bicyclic) bond motifs is 6. The zero-order chi connectivity index (χ0) is 31.5. The van der Waals surface area contributed by atoms with Crippen LogP contribution >= 0.6 is 0 Å². The standard InChI is InChI=1S/C44H31N3/c1-44(2)38-13-7-6-12-35(38)37-26-36-32(25-39(37)44)20-19-31-24-33(21-22-34(31)36)42-27-41(28-10-4-3-5-11-28)46-43(47-42)30-17-15-29(16-18-30)40-14-8-9-23-45-40/h3-27H,1-2H3. The highest BCUT2D eigenvalue weighted by Crippen LogP contribution is 2.50. The summed E-state index contributed by atoms with van der Waals surface area (Å²) in [5, 5.41) is 5.00. The number of rotatable bonds is 4. The number of nitrogens with zero attached hydrogens (tertiary/aromatic N) is 3. The molecular weight excluding hydrogens is 571 g/mol. The van der Waals surface area contributed by atoms with Crippen LogP contribution in [0.5, 0.6) is 0 Å². The highest BCUT2D eigenvalue weighted by atomic mass is 14.9. The van der Waals surface area contributed by atoms with E-state index < -0.39 is 0 Å². The molecule has 47 heavy (non-hydrogen) atoms. The Kier molecular flexibility index (Phi) is 6.16. The Morgan fingerprint density at radius 1 is 0.426 bits per heavy atom. The summed E-state index contributed by atoms with van der Waals surface area (Å²) in [5.41, 5.74) is 12.4. The molecule has 6 aromatic carbocycles. The number of hydrogen-bond donors (Lipinski definition) is 0. The first-order valence-corrected chi connectivity index (χ1v) is 16.1. The van der Waals surface area contributed by atoms with Gasteiger partial charge in [-0.05, 0) is 80.2 Å². The fourth-order valence-electron chi connectivity index (χ4n) is 7.22. The minimum Gasteiger partial charge on any atom is -0.256 e. The van der Waals surface area contributed by atoms with Crippen LogP contribution < -0.4 is 0 Å². The van der Waals surface area contributed by atoms with Crippen LogP contribution in [0.1, 0.15) is 25.0 Å². The summed E-state index contributed by atoms with van der Waals surface area (Å²) in [6, 6.07) is 51.7. The van der Waals surface area contributed by atoms with Gasteiger partial charge < -0.3 is 0 Å². The molecule has 0 atom stereocenters.